The fourth-order valence-electron chi connectivity index (χ4n) is 3.37. The molecular formula is C13H26N2. The monoisotopic (exact) mass is 210 g/mol. The standard InChI is InChI=1S/C13H26N2/c1-3-15(2)12-4-6-13(7-5-12)8-10-14-11-9-13/h12,14H,3-11H2,1-2H3. The van der Waals surface area contributed by atoms with Crippen molar-refractivity contribution >= 4 is 0 Å². The van der Waals surface area contributed by atoms with Crippen molar-refractivity contribution in [1.82, 2.24) is 10.2 Å². The summed E-state index contributed by atoms with van der Waals surface area (Å²) in [6, 6.07) is 0.871. The first-order valence-corrected chi connectivity index (χ1v) is 6.67. The third-order valence-corrected chi connectivity index (χ3v) is 4.80. The summed E-state index contributed by atoms with van der Waals surface area (Å²) in [6.45, 7) is 6.00. The average Bonchev–Trinajstić information content (AvgIpc) is 2.30. The Bertz CT molecular complexity index is 187. The molecule has 0 aromatic carbocycles. The first-order chi connectivity index (χ1) is 7.26. The van der Waals surface area contributed by atoms with Crippen LogP contribution in [0.1, 0.15) is 45.4 Å². The minimum Gasteiger partial charge on any atom is -0.317 e. The van der Waals surface area contributed by atoms with Gasteiger partial charge in [-0.05, 0) is 70.6 Å². The molecule has 0 aromatic rings. The predicted octanol–water partition coefficient (Wildman–Crippen LogP) is 2.25. The smallest absolute Gasteiger partial charge is 0.00925 e. The number of nitrogens with zero attached hydrogens (tertiary/aromatic N) is 1. The molecule has 1 aliphatic carbocycles. The van der Waals surface area contributed by atoms with Crippen molar-refractivity contribution in [2.45, 2.75) is 51.5 Å². The van der Waals surface area contributed by atoms with Gasteiger partial charge in [0.1, 0.15) is 0 Å². The van der Waals surface area contributed by atoms with Gasteiger partial charge in [-0.2, -0.15) is 0 Å². The van der Waals surface area contributed by atoms with Crippen LogP contribution in [0, 0.1) is 5.41 Å². The van der Waals surface area contributed by atoms with Gasteiger partial charge < -0.3 is 10.2 Å². The molecular weight excluding hydrogens is 184 g/mol. The van der Waals surface area contributed by atoms with Crippen LogP contribution in [0.3, 0.4) is 0 Å². The number of piperidine rings is 1. The summed E-state index contributed by atoms with van der Waals surface area (Å²) in [5.74, 6) is 0. The Balaban J connectivity index is 1.85. The molecule has 2 rings (SSSR count). The quantitative estimate of drug-likeness (QED) is 0.752. The lowest BCUT2D eigenvalue weighted by Gasteiger charge is -2.45. The first kappa shape index (κ1) is 11.4. The van der Waals surface area contributed by atoms with E-state index >= 15 is 0 Å². The molecule has 0 amide bonds. The van der Waals surface area contributed by atoms with Crippen molar-refractivity contribution in [2.75, 3.05) is 26.7 Å². The molecule has 15 heavy (non-hydrogen) atoms. The van der Waals surface area contributed by atoms with Crippen LogP contribution in [0.15, 0.2) is 0 Å². The molecule has 1 N–H and O–H groups in total. The van der Waals surface area contributed by atoms with E-state index in [-0.39, 0.29) is 0 Å². The summed E-state index contributed by atoms with van der Waals surface area (Å²) in [6.07, 6.45) is 8.67. The molecule has 2 nitrogen and oxygen atoms in total. The Morgan fingerprint density at radius 3 is 2.27 bits per heavy atom. The Hall–Kier alpha value is -0.0800. The van der Waals surface area contributed by atoms with E-state index in [1.165, 1.54) is 58.2 Å². The van der Waals surface area contributed by atoms with Gasteiger partial charge in [-0.1, -0.05) is 6.92 Å². The maximum Gasteiger partial charge on any atom is 0.00925 e. The van der Waals surface area contributed by atoms with Crippen molar-refractivity contribution in [3.8, 4) is 0 Å². The van der Waals surface area contributed by atoms with Gasteiger partial charge in [-0.3, -0.25) is 0 Å². The molecule has 0 radical (unpaired) electrons. The van der Waals surface area contributed by atoms with Gasteiger partial charge in [0.25, 0.3) is 0 Å². The second-order valence-corrected chi connectivity index (χ2v) is 5.55. The molecule has 2 aliphatic rings. The Kier molecular flexibility index (Phi) is 3.68. The molecule has 0 atom stereocenters. The van der Waals surface area contributed by atoms with Crippen LogP contribution in [0.5, 0.6) is 0 Å². The van der Waals surface area contributed by atoms with Crippen LogP contribution in [0.2, 0.25) is 0 Å². The van der Waals surface area contributed by atoms with Crippen LogP contribution in [0.25, 0.3) is 0 Å². The lowest BCUT2D eigenvalue weighted by Crippen LogP contribution is -2.43. The number of nitrogens with one attached hydrogen (secondary N) is 1. The van der Waals surface area contributed by atoms with Gasteiger partial charge in [0.05, 0.1) is 0 Å². The molecule has 0 bridgehead atoms. The Labute approximate surface area is 94.4 Å². The van der Waals surface area contributed by atoms with Gasteiger partial charge in [0.15, 0.2) is 0 Å². The first-order valence-electron chi connectivity index (χ1n) is 6.67. The fraction of sp³-hybridized carbons (Fsp3) is 1.00. The van der Waals surface area contributed by atoms with E-state index < -0.39 is 0 Å². The summed E-state index contributed by atoms with van der Waals surface area (Å²) < 4.78 is 0. The van der Waals surface area contributed by atoms with E-state index in [9.17, 15) is 0 Å². The molecule has 1 spiro atoms. The van der Waals surface area contributed by atoms with Crippen molar-refractivity contribution in [1.29, 1.82) is 0 Å². The molecule has 0 unspecified atom stereocenters. The average molecular weight is 210 g/mol. The van der Waals surface area contributed by atoms with E-state index in [1.54, 1.807) is 0 Å². The SMILES string of the molecule is CCN(C)C1CCC2(CCNCC2)CC1. The zero-order valence-electron chi connectivity index (χ0n) is 10.4. The zero-order valence-corrected chi connectivity index (χ0v) is 10.4. The highest BCUT2D eigenvalue weighted by Crippen LogP contribution is 2.43. The Morgan fingerprint density at radius 1 is 1.13 bits per heavy atom. The fourth-order valence-corrected chi connectivity index (χ4v) is 3.37. The van der Waals surface area contributed by atoms with E-state index in [0.717, 1.165) is 11.5 Å². The molecule has 0 aromatic heterocycles. The second kappa shape index (κ2) is 4.84. The van der Waals surface area contributed by atoms with Crippen LogP contribution in [-0.4, -0.2) is 37.6 Å². The lowest BCUT2D eigenvalue weighted by atomic mass is 9.67. The number of hydrogen-bond acceptors (Lipinski definition) is 2. The minimum absolute atomic E-state index is 0.732. The van der Waals surface area contributed by atoms with Gasteiger partial charge in [-0.15, -0.1) is 0 Å². The lowest BCUT2D eigenvalue weighted by molar-refractivity contribution is 0.0788. The summed E-state index contributed by atoms with van der Waals surface area (Å²) in [5, 5.41) is 3.49. The number of rotatable bonds is 2. The van der Waals surface area contributed by atoms with Gasteiger partial charge in [0, 0.05) is 6.04 Å². The summed E-state index contributed by atoms with van der Waals surface area (Å²) >= 11 is 0. The second-order valence-electron chi connectivity index (χ2n) is 5.55. The van der Waals surface area contributed by atoms with E-state index in [4.69, 9.17) is 0 Å². The molecule has 2 fully saturated rings. The highest BCUT2D eigenvalue weighted by atomic mass is 15.1. The highest BCUT2D eigenvalue weighted by molar-refractivity contribution is 4.91. The molecule has 1 saturated heterocycles. The van der Waals surface area contributed by atoms with Crippen LogP contribution in [0.4, 0.5) is 0 Å². The van der Waals surface area contributed by atoms with Crippen LogP contribution < -0.4 is 5.32 Å². The largest absolute Gasteiger partial charge is 0.317 e. The van der Waals surface area contributed by atoms with Crippen LogP contribution >= 0.6 is 0 Å². The van der Waals surface area contributed by atoms with E-state index in [0.29, 0.717) is 0 Å². The summed E-state index contributed by atoms with van der Waals surface area (Å²) in [7, 11) is 2.28. The normalized spacial score (nSPS) is 27.4. The van der Waals surface area contributed by atoms with Gasteiger partial charge in [0.2, 0.25) is 0 Å². The molecule has 2 heteroatoms. The van der Waals surface area contributed by atoms with Crippen molar-refractivity contribution < 1.29 is 0 Å². The van der Waals surface area contributed by atoms with Crippen LogP contribution in [-0.2, 0) is 0 Å². The molecule has 88 valence electrons. The molecule has 1 heterocycles. The van der Waals surface area contributed by atoms with Crippen molar-refractivity contribution in [3.63, 3.8) is 0 Å². The predicted molar refractivity (Wildman–Crippen MR) is 65.1 cm³/mol. The maximum atomic E-state index is 3.49. The third kappa shape index (κ3) is 2.54. The molecule has 1 aliphatic heterocycles. The van der Waals surface area contributed by atoms with Gasteiger partial charge in [-0.25, -0.2) is 0 Å². The highest BCUT2D eigenvalue weighted by Gasteiger charge is 2.36. The topological polar surface area (TPSA) is 15.3 Å². The third-order valence-electron chi connectivity index (χ3n) is 4.80. The van der Waals surface area contributed by atoms with E-state index in [1.807, 2.05) is 0 Å². The zero-order chi connectivity index (χ0) is 10.7. The minimum atomic E-state index is 0.732. The van der Waals surface area contributed by atoms with Crippen molar-refractivity contribution in [2.24, 2.45) is 5.41 Å². The maximum absolute atomic E-state index is 3.49. The van der Waals surface area contributed by atoms with E-state index in [2.05, 4.69) is 24.2 Å². The summed E-state index contributed by atoms with van der Waals surface area (Å²) in [5.41, 5.74) is 0.732. The number of hydrogen-bond donors (Lipinski definition) is 1. The Morgan fingerprint density at radius 2 is 1.73 bits per heavy atom. The summed E-state index contributed by atoms with van der Waals surface area (Å²) in [4.78, 5) is 2.54. The van der Waals surface area contributed by atoms with Crippen molar-refractivity contribution in [3.05, 3.63) is 0 Å². The molecule has 1 saturated carbocycles. The van der Waals surface area contributed by atoms with Gasteiger partial charge >= 0.3 is 0 Å².